The second-order valence-corrected chi connectivity index (χ2v) is 7.92. The molecule has 0 aliphatic carbocycles. The minimum atomic E-state index is -3.57. The van der Waals surface area contributed by atoms with Crippen molar-refractivity contribution in [3.8, 4) is 0 Å². The molecule has 0 spiro atoms. The Morgan fingerprint density at radius 1 is 1.16 bits per heavy atom. The van der Waals surface area contributed by atoms with Gasteiger partial charge >= 0.3 is 5.97 Å². The molecule has 7 heteroatoms. The lowest BCUT2D eigenvalue weighted by molar-refractivity contribution is -0.0311. The molecular weight excluding hydrogens is 344 g/mol. The average Bonchev–Trinajstić information content (AvgIpc) is 3.09. The second kappa shape index (κ2) is 7.84. The smallest absolute Gasteiger partial charge is 0.374 e. The Balaban J connectivity index is 1.66. The normalized spacial score (nSPS) is 18.0. The van der Waals surface area contributed by atoms with Gasteiger partial charge in [-0.25, -0.2) is 13.2 Å². The molecule has 2 heterocycles. The van der Waals surface area contributed by atoms with Crippen molar-refractivity contribution in [2.45, 2.75) is 36.0 Å². The number of rotatable bonds is 6. The number of furan rings is 1. The zero-order valence-corrected chi connectivity index (χ0v) is 14.5. The fourth-order valence-electron chi connectivity index (χ4n) is 2.72. The van der Waals surface area contributed by atoms with Crippen LogP contribution < -0.4 is 0 Å². The Morgan fingerprint density at radius 2 is 1.96 bits per heavy atom. The van der Waals surface area contributed by atoms with E-state index in [1.54, 1.807) is 18.2 Å². The molecule has 1 atom stereocenters. The summed E-state index contributed by atoms with van der Waals surface area (Å²) in [6.07, 6.45) is 4.10. The van der Waals surface area contributed by atoms with Crippen LogP contribution in [0.1, 0.15) is 35.4 Å². The number of benzene rings is 1. The van der Waals surface area contributed by atoms with Crippen LogP contribution in [0, 0.1) is 0 Å². The molecule has 1 aliphatic rings. The van der Waals surface area contributed by atoms with E-state index in [1.807, 2.05) is 0 Å². The summed E-state index contributed by atoms with van der Waals surface area (Å²) in [5, 5.41) is 0. The molecule has 0 radical (unpaired) electrons. The summed E-state index contributed by atoms with van der Waals surface area (Å²) in [6.45, 7) is 0.813. The van der Waals surface area contributed by atoms with Gasteiger partial charge in [0.05, 0.1) is 23.0 Å². The maximum Gasteiger partial charge on any atom is 0.374 e. The molecule has 2 aromatic rings. The van der Waals surface area contributed by atoms with Crippen LogP contribution in [0.25, 0.3) is 0 Å². The first-order valence-corrected chi connectivity index (χ1v) is 9.84. The van der Waals surface area contributed by atoms with Gasteiger partial charge in [0, 0.05) is 12.2 Å². The monoisotopic (exact) mass is 364 g/mol. The molecule has 1 aliphatic heterocycles. The lowest BCUT2D eigenvalue weighted by Crippen LogP contribution is -2.26. The highest BCUT2D eigenvalue weighted by molar-refractivity contribution is 7.90. The van der Waals surface area contributed by atoms with E-state index in [4.69, 9.17) is 13.9 Å². The van der Waals surface area contributed by atoms with E-state index in [0.29, 0.717) is 12.2 Å². The lowest BCUT2D eigenvalue weighted by Gasteiger charge is -2.21. The molecule has 0 N–H and O–H groups in total. The Labute approximate surface area is 146 Å². The minimum absolute atomic E-state index is 0.0738. The molecule has 6 nitrogen and oxygen atoms in total. The summed E-state index contributed by atoms with van der Waals surface area (Å²) >= 11 is 0. The first-order valence-electron chi connectivity index (χ1n) is 8.19. The number of ether oxygens (including phenoxy) is 2. The lowest BCUT2D eigenvalue weighted by atomic mass is 10.1. The third-order valence-corrected chi connectivity index (χ3v) is 5.74. The molecule has 0 saturated carbocycles. The van der Waals surface area contributed by atoms with Gasteiger partial charge in [-0.15, -0.1) is 0 Å². The van der Waals surface area contributed by atoms with Crippen LogP contribution in [-0.2, 0) is 25.1 Å². The molecule has 1 saturated heterocycles. The first kappa shape index (κ1) is 17.7. The molecule has 0 bridgehead atoms. The quantitative estimate of drug-likeness (QED) is 0.733. The standard InChI is InChI=1S/C18H20O6S/c19-18(24-12-15-6-4-5-10-22-15)17-14(9-11-23-17)13-25(20,21)16-7-2-1-3-8-16/h1-3,7-9,11,15H,4-6,10,12-13H2. The Morgan fingerprint density at radius 3 is 2.68 bits per heavy atom. The molecule has 1 aromatic carbocycles. The van der Waals surface area contributed by atoms with Gasteiger partial charge in [0.1, 0.15) is 6.61 Å². The van der Waals surface area contributed by atoms with E-state index in [1.165, 1.54) is 24.5 Å². The third kappa shape index (κ3) is 4.49. The van der Waals surface area contributed by atoms with Crippen molar-refractivity contribution in [1.82, 2.24) is 0 Å². The zero-order valence-electron chi connectivity index (χ0n) is 13.7. The fraction of sp³-hybridized carbons (Fsp3) is 0.389. The number of hydrogen-bond acceptors (Lipinski definition) is 6. The topological polar surface area (TPSA) is 82.8 Å². The summed E-state index contributed by atoms with van der Waals surface area (Å²) in [5.41, 5.74) is 0.290. The van der Waals surface area contributed by atoms with Crippen molar-refractivity contribution in [1.29, 1.82) is 0 Å². The van der Waals surface area contributed by atoms with Crippen LogP contribution in [0.2, 0.25) is 0 Å². The largest absolute Gasteiger partial charge is 0.457 e. The molecular formula is C18H20O6S. The first-order chi connectivity index (χ1) is 12.1. The summed E-state index contributed by atoms with van der Waals surface area (Å²) in [5.74, 6) is -1.06. The highest BCUT2D eigenvalue weighted by Crippen LogP contribution is 2.21. The Hall–Kier alpha value is -2.12. The van der Waals surface area contributed by atoms with Crippen molar-refractivity contribution in [2.75, 3.05) is 13.2 Å². The molecule has 0 amide bonds. The Kier molecular flexibility index (Phi) is 5.55. The van der Waals surface area contributed by atoms with E-state index in [9.17, 15) is 13.2 Å². The SMILES string of the molecule is O=C(OCC1CCCCO1)c1occc1CS(=O)(=O)c1ccccc1. The number of hydrogen-bond donors (Lipinski definition) is 0. The van der Waals surface area contributed by atoms with Crippen molar-refractivity contribution in [3.05, 3.63) is 54.0 Å². The summed E-state index contributed by atoms with van der Waals surface area (Å²) in [4.78, 5) is 12.4. The van der Waals surface area contributed by atoms with Crippen LogP contribution in [0.5, 0.6) is 0 Å². The molecule has 1 fully saturated rings. The van der Waals surface area contributed by atoms with Crippen LogP contribution >= 0.6 is 0 Å². The van der Waals surface area contributed by atoms with Crippen molar-refractivity contribution < 1.29 is 27.1 Å². The number of sulfone groups is 1. The van der Waals surface area contributed by atoms with Crippen molar-refractivity contribution in [3.63, 3.8) is 0 Å². The summed E-state index contributed by atoms with van der Waals surface area (Å²) in [6, 6.07) is 9.58. The van der Waals surface area contributed by atoms with E-state index in [0.717, 1.165) is 19.3 Å². The van der Waals surface area contributed by atoms with Crippen molar-refractivity contribution in [2.24, 2.45) is 0 Å². The number of esters is 1. The van der Waals surface area contributed by atoms with Gasteiger partial charge in [-0.05, 0) is 37.5 Å². The number of carbonyl (C=O) groups is 1. The Bertz CT molecular complexity index is 803. The zero-order chi connectivity index (χ0) is 17.7. The van der Waals surface area contributed by atoms with Crippen LogP contribution in [0.4, 0.5) is 0 Å². The van der Waals surface area contributed by atoms with Gasteiger partial charge < -0.3 is 13.9 Å². The van der Waals surface area contributed by atoms with Gasteiger partial charge in [0.15, 0.2) is 9.84 Å². The molecule has 134 valence electrons. The predicted molar refractivity (Wildman–Crippen MR) is 89.9 cm³/mol. The minimum Gasteiger partial charge on any atom is -0.457 e. The van der Waals surface area contributed by atoms with Gasteiger partial charge in [0.2, 0.25) is 5.76 Å². The maximum absolute atomic E-state index is 12.5. The third-order valence-electron chi connectivity index (χ3n) is 4.05. The highest BCUT2D eigenvalue weighted by Gasteiger charge is 2.24. The van der Waals surface area contributed by atoms with E-state index in [2.05, 4.69) is 0 Å². The van der Waals surface area contributed by atoms with Gasteiger partial charge in [-0.3, -0.25) is 0 Å². The van der Waals surface area contributed by atoms with Gasteiger partial charge in [-0.1, -0.05) is 18.2 Å². The summed E-state index contributed by atoms with van der Waals surface area (Å²) in [7, 11) is -3.57. The van der Waals surface area contributed by atoms with Crippen molar-refractivity contribution >= 4 is 15.8 Å². The van der Waals surface area contributed by atoms with E-state index < -0.39 is 15.8 Å². The highest BCUT2D eigenvalue weighted by atomic mass is 32.2. The number of carbonyl (C=O) groups excluding carboxylic acids is 1. The molecule has 1 unspecified atom stereocenters. The molecule has 3 rings (SSSR count). The van der Waals surface area contributed by atoms with Crippen LogP contribution in [0.15, 0.2) is 52.0 Å². The van der Waals surface area contributed by atoms with Crippen LogP contribution in [-0.4, -0.2) is 33.7 Å². The molecule has 25 heavy (non-hydrogen) atoms. The summed E-state index contributed by atoms with van der Waals surface area (Å²) < 4.78 is 40.8. The van der Waals surface area contributed by atoms with E-state index in [-0.39, 0.29) is 29.1 Å². The maximum atomic E-state index is 12.5. The average molecular weight is 364 g/mol. The molecule has 1 aromatic heterocycles. The van der Waals surface area contributed by atoms with Gasteiger partial charge in [0.25, 0.3) is 0 Å². The van der Waals surface area contributed by atoms with Gasteiger partial charge in [-0.2, -0.15) is 0 Å². The van der Waals surface area contributed by atoms with E-state index >= 15 is 0 Å². The predicted octanol–water partition coefficient (Wildman–Crippen LogP) is 2.98. The van der Waals surface area contributed by atoms with Crippen LogP contribution in [0.3, 0.4) is 0 Å². The fourth-order valence-corrected chi connectivity index (χ4v) is 4.09. The second-order valence-electron chi connectivity index (χ2n) is 5.93.